The van der Waals surface area contributed by atoms with Crippen LogP contribution in [0.4, 0.5) is 0 Å². The topological polar surface area (TPSA) is 43.4 Å². The molecule has 0 saturated heterocycles. The molecule has 98 valence electrons. The van der Waals surface area contributed by atoms with E-state index in [0.717, 1.165) is 31.0 Å². The molecule has 0 bridgehead atoms. The lowest BCUT2D eigenvalue weighted by Gasteiger charge is -2.17. The third kappa shape index (κ3) is 2.43. The number of ether oxygens (including phenoxy) is 2. The molecule has 1 aromatic heterocycles. The summed E-state index contributed by atoms with van der Waals surface area (Å²) in [7, 11) is 0. The molecule has 1 aromatic rings. The van der Waals surface area contributed by atoms with Gasteiger partial charge >= 0.3 is 0 Å². The number of pyridine rings is 1. The van der Waals surface area contributed by atoms with Crippen LogP contribution in [0.3, 0.4) is 0 Å². The van der Waals surface area contributed by atoms with Gasteiger partial charge in [0.1, 0.15) is 12.7 Å². The largest absolute Gasteiger partial charge is 0.476 e. The summed E-state index contributed by atoms with van der Waals surface area (Å²) >= 11 is 0. The number of nitrogens with one attached hydrogen (secondary N) is 1. The van der Waals surface area contributed by atoms with E-state index in [2.05, 4.69) is 23.3 Å². The molecule has 3 rings (SSSR count). The molecule has 0 amide bonds. The van der Waals surface area contributed by atoms with Gasteiger partial charge in [-0.25, -0.2) is 0 Å². The lowest BCUT2D eigenvalue weighted by molar-refractivity contribution is 0.158. The van der Waals surface area contributed by atoms with Gasteiger partial charge in [0.25, 0.3) is 0 Å². The fraction of sp³-hybridized carbons (Fsp3) is 0.643. The van der Waals surface area contributed by atoms with Crippen molar-refractivity contribution in [1.82, 2.24) is 10.3 Å². The third-order valence-electron chi connectivity index (χ3n) is 3.80. The lowest BCUT2D eigenvalue weighted by Crippen LogP contribution is -2.19. The molecule has 2 heterocycles. The SMILES string of the molecule is C[C@@H]1CCC[C@H]1Oc1ccc2c(n1)OCCNC2. The molecule has 1 N–H and O–H groups in total. The highest BCUT2D eigenvalue weighted by Crippen LogP contribution is 2.30. The number of hydrogen-bond acceptors (Lipinski definition) is 4. The molecule has 4 heteroatoms. The van der Waals surface area contributed by atoms with Crippen molar-refractivity contribution < 1.29 is 9.47 Å². The molecule has 2 atom stereocenters. The summed E-state index contributed by atoms with van der Waals surface area (Å²) in [5.41, 5.74) is 1.11. The van der Waals surface area contributed by atoms with E-state index in [1.54, 1.807) is 0 Å². The highest BCUT2D eigenvalue weighted by molar-refractivity contribution is 5.31. The van der Waals surface area contributed by atoms with Crippen molar-refractivity contribution in [2.75, 3.05) is 13.2 Å². The number of hydrogen-bond donors (Lipinski definition) is 1. The van der Waals surface area contributed by atoms with E-state index in [4.69, 9.17) is 9.47 Å². The van der Waals surface area contributed by atoms with Gasteiger partial charge in [-0.05, 0) is 31.2 Å². The second-order valence-corrected chi connectivity index (χ2v) is 5.20. The van der Waals surface area contributed by atoms with E-state index in [-0.39, 0.29) is 0 Å². The molecule has 1 aliphatic carbocycles. The van der Waals surface area contributed by atoms with Crippen LogP contribution in [0.1, 0.15) is 31.7 Å². The maximum Gasteiger partial charge on any atom is 0.221 e. The van der Waals surface area contributed by atoms with Crippen LogP contribution in [0.2, 0.25) is 0 Å². The van der Waals surface area contributed by atoms with Crippen molar-refractivity contribution in [2.45, 2.75) is 38.8 Å². The first-order valence-corrected chi connectivity index (χ1v) is 6.83. The zero-order valence-electron chi connectivity index (χ0n) is 10.8. The van der Waals surface area contributed by atoms with Crippen molar-refractivity contribution in [1.29, 1.82) is 0 Å². The summed E-state index contributed by atoms with van der Waals surface area (Å²) in [5, 5.41) is 3.30. The van der Waals surface area contributed by atoms with E-state index in [1.807, 2.05) is 6.07 Å². The lowest BCUT2D eigenvalue weighted by atomic mass is 10.1. The Morgan fingerprint density at radius 2 is 2.33 bits per heavy atom. The van der Waals surface area contributed by atoms with Gasteiger partial charge in [-0.1, -0.05) is 6.92 Å². The molecule has 2 aliphatic rings. The minimum absolute atomic E-state index is 0.319. The first kappa shape index (κ1) is 11.8. The van der Waals surface area contributed by atoms with Crippen LogP contribution in [-0.4, -0.2) is 24.2 Å². The molecule has 0 spiro atoms. The Balaban J connectivity index is 1.75. The zero-order chi connectivity index (χ0) is 12.4. The Morgan fingerprint density at radius 3 is 3.17 bits per heavy atom. The highest BCUT2D eigenvalue weighted by Gasteiger charge is 2.25. The monoisotopic (exact) mass is 248 g/mol. The van der Waals surface area contributed by atoms with E-state index >= 15 is 0 Å². The predicted molar refractivity (Wildman–Crippen MR) is 68.9 cm³/mol. The predicted octanol–water partition coefficient (Wildman–Crippen LogP) is 2.13. The summed E-state index contributed by atoms with van der Waals surface area (Å²) in [5.74, 6) is 2.06. The van der Waals surface area contributed by atoms with Gasteiger partial charge in [0.2, 0.25) is 11.8 Å². The van der Waals surface area contributed by atoms with Crippen LogP contribution < -0.4 is 14.8 Å². The van der Waals surface area contributed by atoms with Crippen LogP contribution in [-0.2, 0) is 6.54 Å². The Bertz CT molecular complexity index is 422. The van der Waals surface area contributed by atoms with Gasteiger partial charge in [-0.2, -0.15) is 4.98 Å². The zero-order valence-corrected chi connectivity index (χ0v) is 10.8. The smallest absolute Gasteiger partial charge is 0.221 e. The Hall–Kier alpha value is -1.29. The van der Waals surface area contributed by atoms with Crippen molar-refractivity contribution in [2.24, 2.45) is 5.92 Å². The fourth-order valence-electron chi connectivity index (χ4n) is 2.66. The maximum atomic E-state index is 5.98. The fourth-order valence-corrected chi connectivity index (χ4v) is 2.66. The maximum absolute atomic E-state index is 5.98. The van der Waals surface area contributed by atoms with Gasteiger partial charge in [0.15, 0.2) is 0 Å². The molecule has 0 unspecified atom stereocenters. The van der Waals surface area contributed by atoms with Crippen molar-refractivity contribution >= 4 is 0 Å². The first-order chi connectivity index (χ1) is 8.83. The van der Waals surface area contributed by atoms with Gasteiger partial charge < -0.3 is 14.8 Å². The quantitative estimate of drug-likeness (QED) is 0.870. The molecule has 0 radical (unpaired) electrons. The minimum atomic E-state index is 0.319. The number of nitrogens with zero attached hydrogens (tertiary/aromatic N) is 1. The summed E-state index contributed by atoms with van der Waals surface area (Å²) in [6.07, 6.45) is 3.98. The molecule has 4 nitrogen and oxygen atoms in total. The Morgan fingerprint density at radius 1 is 1.39 bits per heavy atom. The van der Waals surface area contributed by atoms with Crippen molar-refractivity contribution in [3.8, 4) is 11.8 Å². The summed E-state index contributed by atoms with van der Waals surface area (Å²) < 4.78 is 11.6. The number of aromatic nitrogens is 1. The van der Waals surface area contributed by atoms with Crippen molar-refractivity contribution in [3.63, 3.8) is 0 Å². The normalized spacial score (nSPS) is 27.2. The summed E-state index contributed by atoms with van der Waals surface area (Å²) in [4.78, 5) is 4.49. The third-order valence-corrected chi connectivity index (χ3v) is 3.80. The van der Waals surface area contributed by atoms with Crippen LogP contribution in [0.15, 0.2) is 12.1 Å². The second kappa shape index (κ2) is 5.14. The number of fused-ring (bicyclic) bond motifs is 1. The molecule has 1 fully saturated rings. The summed E-state index contributed by atoms with van der Waals surface area (Å²) in [6, 6.07) is 4.01. The average molecular weight is 248 g/mol. The second-order valence-electron chi connectivity index (χ2n) is 5.20. The van der Waals surface area contributed by atoms with E-state index in [0.29, 0.717) is 24.5 Å². The van der Waals surface area contributed by atoms with Crippen LogP contribution in [0, 0.1) is 5.92 Å². The van der Waals surface area contributed by atoms with Crippen LogP contribution in [0.5, 0.6) is 11.8 Å². The minimum Gasteiger partial charge on any atom is -0.476 e. The molecular weight excluding hydrogens is 228 g/mol. The van der Waals surface area contributed by atoms with Crippen molar-refractivity contribution in [3.05, 3.63) is 17.7 Å². The van der Waals surface area contributed by atoms with E-state index < -0.39 is 0 Å². The van der Waals surface area contributed by atoms with E-state index in [1.165, 1.54) is 12.8 Å². The van der Waals surface area contributed by atoms with Crippen LogP contribution in [0.25, 0.3) is 0 Å². The van der Waals surface area contributed by atoms with Gasteiger partial charge in [0.05, 0.1) is 0 Å². The molecule has 0 aromatic carbocycles. The molecule has 18 heavy (non-hydrogen) atoms. The van der Waals surface area contributed by atoms with Gasteiger partial charge in [-0.15, -0.1) is 0 Å². The van der Waals surface area contributed by atoms with Crippen LogP contribution >= 0.6 is 0 Å². The Kier molecular flexibility index (Phi) is 3.37. The average Bonchev–Trinajstić information content (AvgIpc) is 2.65. The van der Waals surface area contributed by atoms with Gasteiger partial charge in [-0.3, -0.25) is 0 Å². The molecule has 1 saturated carbocycles. The molecule has 1 aliphatic heterocycles. The number of rotatable bonds is 2. The van der Waals surface area contributed by atoms with Gasteiger partial charge in [0, 0.05) is 24.7 Å². The first-order valence-electron chi connectivity index (χ1n) is 6.83. The van der Waals surface area contributed by atoms with E-state index in [9.17, 15) is 0 Å². The molecular formula is C14H20N2O2. The Labute approximate surface area is 108 Å². The standard InChI is InChI=1S/C14H20N2O2/c1-10-3-2-4-12(10)18-13-6-5-11-9-15-7-8-17-14(11)16-13/h5-6,10,12,15H,2-4,7-9H2,1H3/t10-,12-/m1/s1. The summed E-state index contributed by atoms with van der Waals surface area (Å²) in [6.45, 7) is 4.61. The highest BCUT2D eigenvalue weighted by atomic mass is 16.5.